The third-order valence-electron chi connectivity index (χ3n) is 3.57. The SMILES string of the molecule is CCOCC(=O)N1CCn2c(nnc2-c2ccccc2)C1. The van der Waals surface area contributed by atoms with Crippen molar-refractivity contribution in [2.75, 3.05) is 19.8 Å². The Kier molecular flexibility index (Phi) is 3.96. The van der Waals surface area contributed by atoms with Crippen LogP contribution in [0.5, 0.6) is 0 Å². The average molecular weight is 286 g/mol. The number of ether oxygens (including phenoxy) is 1. The first-order chi connectivity index (χ1) is 10.3. The van der Waals surface area contributed by atoms with Crippen LogP contribution in [0, 0.1) is 0 Å². The molecule has 1 amide bonds. The van der Waals surface area contributed by atoms with Gasteiger partial charge in [0.15, 0.2) is 11.6 Å². The Morgan fingerprint density at radius 3 is 2.81 bits per heavy atom. The van der Waals surface area contributed by atoms with E-state index in [1.807, 2.05) is 37.3 Å². The van der Waals surface area contributed by atoms with E-state index in [1.165, 1.54) is 0 Å². The molecule has 0 bridgehead atoms. The summed E-state index contributed by atoms with van der Waals surface area (Å²) in [6.45, 7) is 4.43. The lowest BCUT2D eigenvalue weighted by Crippen LogP contribution is -2.40. The fourth-order valence-corrected chi connectivity index (χ4v) is 2.45. The highest BCUT2D eigenvalue weighted by Crippen LogP contribution is 2.21. The molecule has 6 nitrogen and oxygen atoms in total. The normalized spacial score (nSPS) is 14.0. The van der Waals surface area contributed by atoms with Gasteiger partial charge in [0.05, 0.1) is 6.54 Å². The molecular formula is C15H18N4O2. The van der Waals surface area contributed by atoms with E-state index in [-0.39, 0.29) is 12.5 Å². The number of carbonyl (C=O) groups is 1. The lowest BCUT2D eigenvalue weighted by Gasteiger charge is -2.27. The van der Waals surface area contributed by atoms with E-state index < -0.39 is 0 Å². The second kappa shape index (κ2) is 6.05. The first-order valence-electron chi connectivity index (χ1n) is 7.12. The van der Waals surface area contributed by atoms with Crippen LogP contribution in [0.4, 0.5) is 0 Å². The van der Waals surface area contributed by atoms with Crippen LogP contribution in [0.25, 0.3) is 11.4 Å². The minimum Gasteiger partial charge on any atom is -0.372 e. The highest BCUT2D eigenvalue weighted by Gasteiger charge is 2.24. The van der Waals surface area contributed by atoms with E-state index in [1.54, 1.807) is 4.90 Å². The molecule has 21 heavy (non-hydrogen) atoms. The number of hydrogen-bond acceptors (Lipinski definition) is 4. The Morgan fingerprint density at radius 2 is 2.05 bits per heavy atom. The summed E-state index contributed by atoms with van der Waals surface area (Å²) < 4.78 is 7.26. The number of fused-ring (bicyclic) bond motifs is 1. The van der Waals surface area contributed by atoms with Gasteiger partial charge in [-0.2, -0.15) is 0 Å². The molecule has 0 fully saturated rings. The Hall–Kier alpha value is -2.21. The van der Waals surface area contributed by atoms with Crippen molar-refractivity contribution in [1.82, 2.24) is 19.7 Å². The van der Waals surface area contributed by atoms with Gasteiger partial charge in [-0.3, -0.25) is 4.79 Å². The Labute approximate surface area is 123 Å². The van der Waals surface area contributed by atoms with Gasteiger partial charge in [0.2, 0.25) is 5.91 Å². The number of nitrogens with zero attached hydrogens (tertiary/aromatic N) is 4. The second-order valence-electron chi connectivity index (χ2n) is 4.91. The molecule has 0 aliphatic carbocycles. The molecule has 0 N–H and O–H groups in total. The molecular weight excluding hydrogens is 268 g/mol. The highest BCUT2D eigenvalue weighted by molar-refractivity contribution is 5.77. The van der Waals surface area contributed by atoms with E-state index in [0.29, 0.717) is 26.2 Å². The van der Waals surface area contributed by atoms with E-state index in [9.17, 15) is 4.79 Å². The van der Waals surface area contributed by atoms with Gasteiger partial charge in [-0.25, -0.2) is 0 Å². The Morgan fingerprint density at radius 1 is 1.24 bits per heavy atom. The van der Waals surface area contributed by atoms with Gasteiger partial charge in [0.1, 0.15) is 6.61 Å². The molecule has 2 aromatic rings. The molecule has 3 rings (SSSR count). The maximum atomic E-state index is 12.0. The molecule has 1 aliphatic heterocycles. The minimum atomic E-state index is 0.00682. The van der Waals surface area contributed by atoms with Crippen LogP contribution < -0.4 is 0 Å². The van der Waals surface area contributed by atoms with Crippen molar-refractivity contribution in [3.63, 3.8) is 0 Å². The summed E-state index contributed by atoms with van der Waals surface area (Å²) in [5.41, 5.74) is 1.05. The van der Waals surface area contributed by atoms with Crippen LogP contribution in [0.1, 0.15) is 12.7 Å². The van der Waals surface area contributed by atoms with Gasteiger partial charge >= 0.3 is 0 Å². The molecule has 6 heteroatoms. The maximum Gasteiger partial charge on any atom is 0.249 e. The number of rotatable bonds is 4. The zero-order valence-electron chi connectivity index (χ0n) is 12.0. The molecule has 0 radical (unpaired) electrons. The van der Waals surface area contributed by atoms with E-state index in [0.717, 1.165) is 17.2 Å². The van der Waals surface area contributed by atoms with Gasteiger partial charge in [-0.05, 0) is 6.92 Å². The molecule has 110 valence electrons. The second-order valence-corrected chi connectivity index (χ2v) is 4.91. The van der Waals surface area contributed by atoms with Crippen molar-refractivity contribution in [1.29, 1.82) is 0 Å². The van der Waals surface area contributed by atoms with Gasteiger partial charge in [0, 0.05) is 25.3 Å². The van der Waals surface area contributed by atoms with Crippen LogP contribution in [0.2, 0.25) is 0 Å². The summed E-state index contributed by atoms with van der Waals surface area (Å²) in [6.07, 6.45) is 0. The van der Waals surface area contributed by atoms with Crippen molar-refractivity contribution < 1.29 is 9.53 Å². The predicted molar refractivity (Wildman–Crippen MR) is 77.4 cm³/mol. The third kappa shape index (κ3) is 2.80. The van der Waals surface area contributed by atoms with Gasteiger partial charge in [-0.1, -0.05) is 30.3 Å². The summed E-state index contributed by atoms with van der Waals surface area (Å²) in [5, 5.41) is 8.49. The van der Waals surface area contributed by atoms with Crippen molar-refractivity contribution in [2.45, 2.75) is 20.0 Å². The molecule has 0 unspecified atom stereocenters. The Bertz CT molecular complexity index is 624. The number of amides is 1. The molecule has 2 heterocycles. The molecule has 0 saturated heterocycles. The Balaban J connectivity index is 1.77. The number of hydrogen-bond donors (Lipinski definition) is 0. The van der Waals surface area contributed by atoms with Crippen LogP contribution in [0.15, 0.2) is 30.3 Å². The molecule has 1 aliphatic rings. The summed E-state index contributed by atoms with van der Waals surface area (Å²) in [5.74, 6) is 1.69. The lowest BCUT2D eigenvalue weighted by atomic mass is 10.2. The molecule has 1 aromatic carbocycles. The van der Waals surface area contributed by atoms with Gasteiger partial charge < -0.3 is 14.2 Å². The number of aromatic nitrogens is 3. The first kappa shape index (κ1) is 13.8. The molecule has 0 spiro atoms. The molecule has 1 aromatic heterocycles. The summed E-state index contributed by atoms with van der Waals surface area (Å²) in [7, 11) is 0. The smallest absolute Gasteiger partial charge is 0.249 e. The van der Waals surface area contributed by atoms with Crippen LogP contribution in [-0.4, -0.2) is 45.3 Å². The van der Waals surface area contributed by atoms with E-state index in [4.69, 9.17) is 4.74 Å². The van der Waals surface area contributed by atoms with Crippen molar-refractivity contribution >= 4 is 5.91 Å². The lowest BCUT2D eigenvalue weighted by molar-refractivity contribution is -0.137. The van der Waals surface area contributed by atoms with E-state index in [2.05, 4.69) is 14.8 Å². The van der Waals surface area contributed by atoms with Gasteiger partial charge in [-0.15, -0.1) is 10.2 Å². The van der Waals surface area contributed by atoms with Crippen molar-refractivity contribution in [3.05, 3.63) is 36.2 Å². The number of benzene rings is 1. The standard InChI is InChI=1S/C15H18N4O2/c1-2-21-11-14(20)18-8-9-19-13(10-18)16-17-15(19)12-6-4-3-5-7-12/h3-7H,2,8-11H2,1H3. The fourth-order valence-electron chi connectivity index (χ4n) is 2.45. The summed E-state index contributed by atoms with van der Waals surface area (Å²) in [6, 6.07) is 9.98. The molecule has 0 atom stereocenters. The fraction of sp³-hybridized carbons (Fsp3) is 0.400. The summed E-state index contributed by atoms with van der Waals surface area (Å²) in [4.78, 5) is 13.8. The quantitative estimate of drug-likeness (QED) is 0.850. The van der Waals surface area contributed by atoms with Crippen LogP contribution in [0.3, 0.4) is 0 Å². The zero-order chi connectivity index (χ0) is 14.7. The summed E-state index contributed by atoms with van der Waals surface area (Å²) >= 11 is 0. The van der Waals surface area contributed by atoms with Crippen LogP contribution >= 0.6 is 0 Å². The number of carbonyl (C=O) groups excluding carboxylic acids is 1. The minimum absolute atomic E-state index is 0.00682. The first-order valence-corrected chi connectivity index (χ1v) is 7.12. The zero-order valence-corrected chi connectivity index (χ0v) is 12.0. The average Bonchev–Trinajstić information content (AvgIpc) is 2.96. The highest BCUT2D eigenvalue weighted by atomic mass is 16.5. The van der Waals surface area contributed by atoms with Crippen molar-refractivity contribution in [3.8, 4) is 11.4 Å². The third-order valence-corrected chi connectivity index (χ3v) is 3.57. The van der Waals surface area contributed by atoms with E-state index >= 15 is 0 Å². The topological polar surface area (TPSA) is 60.2 Å². The van der Waals surface area contributed by atoms with Gasteiger partial charge in [0.25, 0.3) is 0 Å². The molecule has 0 saturated carbocycles. The van der Waals surface area contributed by atoms with Crippen LogP contribution in [-0.2, 0) is 22.6 Å². The predicted octanol–water partition coefficient (Wildman–Crippen LogP) is 1.32. The van der Waals surface area contributed by atoms with Crippen molar-refractivity contribution in [2.24, 2.45) is 0 Å². The monoisotopic (exact) mass is 286 g/mol. The maximum absolute atomic E-state index is 12.0. The largest absolute Gasteiger partial charge is 0.372 e.